The molecule has 2 rings (SSSR count). The Balaban J connectivity index is 2.32. The Bertz CT molecular complexity index is 632. The third kappa shape index (κ3) is 2.99. The minimum absolute atomic E-state index is 0.0455. The van der Waals surface area contributed by atoms with Gasteiger partial charge in [0.2, 0.25) is 0 Å². The van der Waals surface area contributed by atoms with Crippen LogP contribution in [0, 0.1) is 0 Å². The number of unbranched alkanes of at least 4 members (excludes halogenated alkanes) is 2. The molecule has 5 heteroatoms. The zero-order chi connectivity index (χ0) is 14.5. The normalized spacial score (nSPS) is 10.7. The van der Waals surface area contributed by atoms with Crippen LogP contribution in [0.3, 0.4) is 0 Å². The minimum Gasteiger partial charge on any atom is -0.490 e. The van der Waals surface area contributed by atoms with E-state index in [-0.39, 0.29) is 5.56 Å². The van der Waals surface area contributed by atoms with Gasteiger partial charge in [-0.1, -0.05) is 19.8 Å². The molecule has 0 unspecified atom stereocenters. The van der Waals surface area contributed by atoms with Gasteiger partial charge in [-0.15, -0.1) is 0 Å². The molecule has 0 aromatic heterocycles. The van der Waals surface area contributed by atoms with Gasteiger partial charge in [-0.05, 0) is 18.6 Å². The Morgan fingerprint density at radius 1 is 1.30 bits per heavy atom. The number of nitrogens with two attached hydrogens (primary N) is 1. The van der Waals surface area contributed by atoms with Gasteiger partial charge >= 0.3 is 0 Å². The van der Waals surface area contributed by atoms with Crippen LogP contribution in [0.2, 0.25) is 0 Å². The summed E-state index contributed by atoms with van der Waals surface area (Å²) in [5.74, 6) is -0.238. The second-order valence-corrected chi connectivity index (χ2v) is 4.59. The van der Waals surface area contributed by atoms with E-state index in [0.717, 1.165) is 19.3 Å². The van der Waals surface area contributed by atoms with E-state index in [9.17, 15) is 9.59 Å². The van der Waals surface area contributed by atoms with Crippen molar-refractivity contribution in [3.05, 3.63) is 40.4 Å². The molecule has 0 radical (unpaired) electrons. The zero-order valence-corrected chi connectivity index (χ0v) is 11.3. The number of fused-ring (bicyclic) bond motifs is 1. The van der Waals surface area contributed by atoms with Crippen molar-refractivity contribution >= 4 is 5.91 Å². The summed E-state index contributed by atoms with van der Waals surface area (Å²) in [5.41, 5.74) is 5.95. The lowest BCUT2D eigenvalue weighted by atomic mass is 10.0. The molecular weight excluding hydrogens is 258 g/mol. The van der Waals surface area contributed by atoms with E-state index in [1.165, 1.54) is 24.7 Å². The van der Waals surface area contributed by atoms with E-state index in [2.05, 4.69) is 6.92 Å². The molecule has 0 spiro atoms. The summed E-state index contributed by atoms with van der Waals surface area (Å²) in [5, 5.41) is 0. The van der Waals surface area contributed by atoms with Crippen LogP contribution < -0.4 is 15.9 Å². The number of primary amides is 1. The van der Waals surface area contributed by atoms with E-state index >= 15 is 0 Å². The maximum absolute atomic E-state index is 11.8. The number of benzene rings is 1. The molecule has 0 bridgehead atoms. The molecule has 1 aliphatic carbocycles. The van der Waals surface area contributed by atoms with Crippen LogP contribution in [0.25, 0.3) is 11.1 Å². The van der Waals surface area contributed by atoms with Crippen LogP contribution in [-0.4, -0.2) is 12.5 Å². The third-order valence-corrected chi connectivity index (χ3v) is 3.06. The SMILES string of the molecule is CCCCCOc1cocc2cc(C(N)=O)c(=O)cc1-2. The highest BCUT2D eigenvalue weighted by Crippen LogP contribution is 2.31. The molecule has 2 aliphatic rings. The Hall–Kier alpha value is -2.30. The molecule has 5 nitrogen and oxygen atoms in total. The quantitative estimate of drug-likeness (QED) is 0.821. The van der Waals surface area contributed by atoms with Gasteiger partial charge in [0.25, 0.3) is 5.91 Å². The topological polar surface area (TPSA) is 82.5 Å². The maximum atomic E-state index is 11.8. The zero-order valence-electron chi connectivity index (χ0n) is 11.3. The summed E-state index contributed by atoms with van der Waals surface area (Å²) in [4.78, 5) is 23.0. The first-order valence-corrected chi connectivity index (χ1v) is 6.60. The number of hydrogen-bond donors (Lipinski definition) is 1. The molecule has 106 valence electrons. The standard InChI is InChI=1S/C15H17NO4/c1-2-3-4-5-20-14-9-19-8-10-6-12(15(16)18)13(17)7-11(10)14/h6-9H,2-5H2,1H3,(H2,16,18). The molecule has 1 aliphatic heterocycles. The van der Waals surface area contributed by atoms with Crippen LogP contribution in [0.4, 0.5) is 0 Å². The molecule has 0 aromatic carbocycles. The van der Waals surface area contributed by atoms with Crippen molar-refractivity contribution in [1.82, 2.24) is 0 Å². The Kier molecular flexibility index (Phi) is 4.40. The van der Waals surface area contributed by atoms with Crippen molar-refractivity contribution < 1.29 is 13.9 Å². The summed E-state index contributed by atoms with van der Waals surface area (Å²) in [7, 11) is 0. The van der Waals surface area contributed by atoms with Crippen molar-refractivity contribution in [2.24, 2.45) is 5.73 Å². The number of carbonyl (C=O) groups is 1. The predicted octanol–water partition coefficient (Wildman–Crippen LogP) is 2.41. The molecule has 0 atom stereocenters. The fourth-order valence-corrected chi connectivity index (χ4v) is 1.98. The number of rotatable bonds is 6. The van der Waals surface area contributed by atoms with E-state index in [0.29, 0.717) is 23.5 Å². The second kappa shape index (κ2) is 6.23. The first-order valence-electron chi connectivity index (χ1n) is 6.60. The molecule has 20 heavy (non-hydrogen) atoms. The summed E-state index contributed by atoms with van der Waals surface area (Å²) < 4.78 is 10.8. The van der Waals surface area contributed by atoms with E-state index in [4.69, 9.17) is 14.9 Å². The minimum atomic E-state index is -0.744. The van der Waals surface area contributed by atoms with E-state index in [1.54, 1.807) is 0 Å². The van der Waals surface area contributed by atoms with Crippen molar-refractivity contribution in [2.45, 2.75) is 26.2 Å². The molecular formula is C15H17NO4. The van der Waals surface area contributed by atoms with E-state index in [1.807, 2.05) is 0 Å². The van der Waals surface area contributed by atoms with Gasteiger partial charge in [-0.2, -0.15) is 0 Å². The van der Waals surface area contributed by atoms with Crippen LogP contribution in [0.5, 0.6) is 5.75 Å². The summed E-state index contributed by atoms with van der Waals surface area (Å²) in [6, 6.07) is 2.79. The van der Waals surface area contributed by atoms with E-state index < -0.39 is 11.3 Å². The van der Waals surface area contributed by atoms with Gasteiger partial charge in [0.05, 0.1) is 18.4 Å². The molecule has 2 N–H and O–H groups in total. The van der Waals surface area contributed by atoms with Crippen LogP contribution in [0.15, 0.2) is 33.9 Å². The molecule has 0 saturated carbocycles. The number of ether oxygens (including phenoxy) is 1. The van der Waals surface area contributed by atoms with Crippen LogP contribution >= 0.6 is 0 Å². The average molecular weight is 275 g/mol. The van der Waals surface area contributed by atoms with Crippen molar-refractivity contribution in [3.63, 3.8) is 0 Å². The second-order valence-electron chi connectivity index (χ2n) is 4.59. The number of amides is 1. The largest absolute Gasteiger partial charge is 0.490 e. The number of hydrogen-bond acceptors (Lipinski definition) is 4. The molecule has 1 amide bonds. The van der Waals surface area contributed by atoms with Crippen molar-refractivity contribution in [3.8, 4) is 16.9 Å². The highest BCUT2D eigenvalue weighted by Gasteiger charge is 2.16. The summed E-state index contributed by atoms with van der Waals surface area (Å²) in [6.45, 7) is 2.68. The average Bonchev–Trinajstić information content (AvgIpc) is 2.43. The predicted molar refractivity (Wildman–Crippen MR) is 75.1 cm³/mol. The van der Waals surface area contributed by atoms with Crippen LogP contribution in [-0.2, 0) is 0 Å². The number of carbonyl (C=O) groups excluding carboxylic acids is 1. The van der Waals surface area contributed by atoms with Gasteiger partial charge in [0, 0.05) is 11.1 Å². The molecule has 1 heterocycles. The Morgan fingerprint density at radius 2 is 2.10 bits per heavy atom. The van der Waals surface area contributed by atoms with Crippen molar-refractivity contribution in [1.29, 1.82) is 0 Å². The first-order chi connectivity index (χ1) is 9.63. The summed E-state index contributed by atoms with van der Waals surface area (Å²) in [6.07, 6.45) is 6.05. The lowest BCUT2D eigenvalue weighted by Crippen LogP contribution is -2.21. The van der Waals surface area contributed by atoms with Crippen LogP contribution in [0.1, 0.15) is 36.5 Å². The Morgan fingerprint density at radius 3 is 2.80 bits per heavy atom. The van der Waals surface area contributed by atoms with Gasteiger partial charge in [0.15, 0.2) is 11.2 Å². The highest BCUT2D eigenvalue weighted by atomic mass is 16.5. The lowest BCUT2D eigenvalue weighted by molar-refractivity contribution is 0.0999. The van der Waals surface area contributed by atoms with Gasteiger partial charge in [-0.3, -0.25) is 9.59 Å². The summed E-state index contributed by atoms with van der Waals surface area (Å²) >= 11 is 0. The first kappa shape index (κ1) is 14.1. The third-order valence-electron chi connectivity index (χ3n) is 3.06. The molecule has 0 saturated heterocycles. The highest BCUT2D eigenvalue weighted by molar-refractivity contribution is 5.94. The fourth-order valence-electron chi connectivity index (χ4n) is 1.98. The smallest absolute Gasteiger partial charge is 0.252 e. The van der Waals surface area contributed by atoms with Gasteiger partial charge < -0.3 is 14.9 Å². The van der Waals surface area contributed by atoms with Gasteiger partial charge in [0.1, 0.15) is 6.26 Å². The maximum Gasteiger partial charge on any atom is 0.252 e. The fraction of sp³-hybridized carbons (Fsp3) is 0.333. The lowest BCUT2D eigenvalue weighted by Gasteiger charge is -2.12. The van der Waals surface area contributed by atoms with Gasteiger partial charge in [-0.25, -0.2) is 0 Å². The van der Waals surface area contributed by atoms with Crippen molar-refractivity contribution in [2.75, 3.05) is 6.61 Å². The monoisotopic (exact) mass is 275 g/mol. The Labute approximate surface area is 116 Å². The molecule has 0 aromatic rings. The molecule has 0 fully saturated rings.